The van der Waals surface area contributed by atoms with Gasteiger partial charge in [-0.25, -0.2) is 27.1 Å². The molecule has 1 saturated carbocycles. The van der Waals surface area contributed by atoms with E-state index in [4.69, 9.17) is 4.74 Å². The molecule has 1 fully saturated rings. The Morgan fingerprint density at radius 3 is 2.58 bits per heavy atom. The maximum absolute atomic E-state index is 14.0. The van der Waals surface area contributed by atoms with E-state index in [2.05, 4.69) is 21.9 Å². The summed E-state index contributed by atoms with van der Waals surface area (Å²) in [5.74, 6) is -2.95. The summed E-state index contributed by atoms with van der Waals surface area (Å²) in [6, 6.07) is 1.96. The highest BCUT2D eigenvalue weighted by molar-refractivity contribution is 7.89. The van der Waals surface area contributed by atoms with Crippen molar-refractivity contribution in [3.05, 3.63) is 42.2 Å². The number of nitrogens with one attached hydrogen (secondary N) is 3. The van der Waals surface area contributed by atoms with Crippen molar-refractivity contribution in [2.24, 2.45) is 0 Å². The Labute approximate surface area is 180 Å². The molecule has 0 saturated heterocycles. The maximum Gasteiger partial charge on any atom is 0.338 e. The summed E-state index contributed by atoms with van der Waals surface area (Å²) in [4.78, 5) is 35.7. The predicted octanol–water partition coefficient (Wildman–Crippen LogP) is 1.99. The minimum atomic E-state index is -4.22. The van der Waals surface area contributed by atoms with Gasteiger partial charge in [0.2, 0.25) is 10.0 Å². The van der Waals surface area contributed by atoms with Crippen molar-refractivity contribution >= 4 is 27.9 Å². The molecule has 0 aliphatic heterocycles. The van der Waals surface area contributed by atoms with Gasteiger partial charge in [0, 0.05) is 12.6 Å². The lowest BCUT2D eigenvalue weighted by Crippen LogP contribution is -2.48. The van der Waals surface area contributed by atoms with Crippen LogP contribution in [-0.4, -0.2) is 45.0 Å². The molecule has 1 atom stereocenters. The number of carbonyl (C=O) groups is 3. The Balaban J connectivity index is 1.98. The fourth-order valence-electron chi connectivity index (χ4n) is 3.05. The van der Waals surface area contributed by atoms with E-state index in [0.29, 0.717) is 0 Å². The maximum atomic E-state index is 14.0. The molecular formula is C20H26FN3O6S. The van der Waals surface area contributed by atoms with Crippen LogP contribution in [0.1, 0.15) is 49.4 Å². The van der Waals surface area contributed by atoms with E-state index in [1.807, 2.05) is 0 Å². The van der Waals surface area contributed by atoms with E-state index in [0.717, 1.165) is 50.3 Å². The number of imide groups is 1. The number of rotatable bonds is 8. The van der Waals surface area contributed by atoms with Gasteiger partial charge in [-0.3, -0.25) is 10.1 Å². The quantitative estimate of drug-likeness (QED) is 0.406. The Morgan fingerprint density at radius 1 is 1.26 bits per heavy atom. The first-order chi connectivity index (χ1) is 14.6. The highest BCUT2D eigenvalue weighted by Gasteiger charge is 2.25. The van der Waals surface area contributed by atoms with Crippen molar-refractivity contribution in [1.82, 2.24) is 15.4 Å². The molecule has 31 heavy (non-hydrogen) atoms. The summed E-state index contributed by atoms with van der Waals surface area (Å²) >= 11 is 0. The standard InChI is InChI=1S/C20H26FN3O6S/c1-3-11-22-31(28,29)17-12-14(9-10-16(17)21)19(26)30-13(2)18(25)24-20(27)23-15-7-5-4-6-8-15/h3,9-10,12-13,15,22H,1,4-8,11H2,2H3,(H2,23,24,25,27). The van der Waals surface area contributed by atoms with Crippen molar-refractivity contribution in [2.45, 2.75) is 56.1 Å². The van der Waals surface area contributed by atoms with E-state index in [9.17, 15) is 27.2 Å². The van der Waals surface area contributed by atoms with Crippen LogP contribution in [-0.2, 0) is 19.6 Å². The monoisotopic (exact) mass is 455 g/mol. The molecule has 2 rings (SSSR count). The van der Waals surface area contributed by atoms with Crippen LogP contribution < -0.4 is 15.4 Å². The number of hydrogen-bond acceptors (Lipinski definition) is 6. The molecule has 3 amide bonds. The molecule has 3 N–H and O–H groups in total. The molecule has 1 aliphatic rings. The van der Waals surface area contributed by atoms with Crippen molar-refractivity contribution < 1.29 is 31.9 Å². The Kier molecular flexibility index (Phi) is 8.69. The second-order valence-electron chi connectivity index (χ2n) is 7.13. The number of esters is 1. The number of amides is 3. The molecule has 9 nitrogen and oxygen atoms in total. The molecule has 0 radical (unpaired) electrons. The first kappa shape index (κ1) is 24.5. The number of ether oxygens (including phenoxy) is 1. The molecule has 0 spiro atoms. The van der Waals surface area contributed by atoms with Crippen LogP contribution in [0.15, 0.2) is 35.7 Å². The molecule has 0 aromatic heterocycles. The lowest BCUT2D eigenvalue weighted by molar-refractivity contribution is -0.127. The number of benzene rings is 1. The van der Waals surface area contributed by atoms with Crippen molar-refractivity contribution in [2.75, 3.05) is 6.54 Å². The van der Waals surface area contributed by atoms with Gasteiger partial charge in [0.15, 0.2) is 6.10 Å². The molecule has 11 heteroatoms. The van der Waals surface area contributed by atoms with E-state index in [1.165, 1.54) is 13.0 Å². The fourth-order valence-corrected chi connectivity index (χ4v) is 4.15. The largest absolute Gasteiger partial charge is 0.449 e. The second-order valence-corrected chi connectivity index (χ2v) is 8.87. The van der Waals surface area contributed by atoms with Gasteiger partial charge in [0.1, 0.15) is 10.7 Å². The number of sulfonamides is 1. The van der Waals surface area contributed by atoms with Gasteiger partial charge >= 0.3 is 12.0 Å². The third-order valence-corrected chi connectivity index (χ3v) is 6.14. The van der Waals surface area contributed by atoms with Crippen LogP contribution in [0.5, 0.6) is 0 Å². The van der Waals surface area contributed by atoms with Crippen LogP contribution >= 0.6 is 0 Å². The summed E-state index contributed by atoms with van der Waals surface area (Å²) in [5, 5.41) is 4.81. The molecule has 0 bridgehead atoms. The van der Waals surface area contributed by atoms with Gasteiger partial charge in [0.05, 0.1) is 5.56 Å². The van der Waals surface area contributed by atoms with E-state index >= 15 is 0 Å². The Hall–Kier alpha value is -2.79. The van der Waals surface area contributed by atoms with Crippen molar-refractivity contribution in [1.29, 1.82) is 0 Å². The topological polar surface area (TPSA) is 131 Å². The number of carbonyl (C=O) groups excluding carboxylic acids is 3. The van der Waals surface area contributed by atoms with Crippen LogP contribution in [0.2, 0.25) is 0 Å². The van der Waals surface area contributed by atoms with Crippen LogP contribution in [0.25, 0.3) is 0 Å². The van der Waals surface area contributed by atoms with E-state index in [1.54, 1.807) is 0 Å². The summed E-state index contributed by atoms with van der Waals surface area (Å²) < 4.78 is 45.4. The summed E-state index contributed by atoms with van der Waals surface area (Å²) in [6.45, 7) is 4.50. The van der Waals surface area contributed by atoms with Gasteiger partial charge < -0.3 is 10.1 Å². The lowest BCUT2D eigenvalue weighted by atomic mass is 9.96. The summed E-state index contributed by atoms with van der Waals surface area (Å²) in [7, 11) is -4.22. The highest BCUT2D eigenvalue weighted by atomic mass is 32.2. The van der Waals surface area contributed by atoms with Gasteiger partial charge in [-0.05, 0) is 38.0 Å². The minimum absolute atomic E-state index is 0.00584. The summed E-state index contributed by atoms with van der Waals surface area (Å²) in [6.07, 6.45) is 4.73. The zero-order valence-electron chi connectivity index (χ0n) is 17.1. The molecule has 1 aromatic rings. The first-order valence-corrected chi connectivity index (χ1v) is 11.3. The zero-order valence-corrected chi connectivity index (χ0v) is 18.0. The smallest absolute Gasteiger partial charge is 0.338 e. The van der Waals surface area contributed by atoms with Gasteiger partial charge in [-0.15, -0.1) is 6.58 Å². The SMILES string of the molecule is C=CCNS(=O)(=O)c1cc(C(=O)OC(C)C(=O)NC(=O)NC2CCCCC2)ccc1F. The number of hydrogen-bond donors (Lipinski definition) is 3. The third-order valence-electron chi connectivity index (χ3n) is 4.70. The molecule has 170 valence electrons. The van der Waals surface area contributed by atoms with E-state index < -0.39 is 44.7 Å². The van der Waals surface area contributed by atoms with Crippen LogP contribution in [0.3, 0.4) is 0 Å². The van der Waals surface area contributed by atoms with Crippen LogP contribution in [0.4, 0.5) is 9.18 Å². The van der Waals surface area contributed by atoms with Gasteiger partial charge in [-0.2, -0.15) is 0 Å². The molecule has 1 aliphatic carbocycles. The van der Waals surface area contributed by atoms with Crippen LogP contribution in [0, 0.1) is 5.82 Å². The average molecular weight is 456 g/mol. The number of urea groups is 1. The minimum Gasteiger partial charge on any atom is -0.449 e. The van der Waals surface area contributed by atoms with E-state index in [-0.39, 0.29) is 18.2 Å². The summed E-state index contributed by atoms with van der Waals surface area (Å²) in [5.41, 5.74) is -0.272. The second kappa shape index (κ2) is 11.0. The molecular weight excluding hydrogens is 429 g/mol. The van der Waals surface area contributed by atoms with Gasteiger partial charge in [0.25, 0.3) is 5.91 Å². The molecule has 1 unspecified atom stereocenters. The van der Waals surface area contributed by atoms with Crippen molar-refractivity contribution in [3.8, 4) is 0 Å². The normalized spacial score (nSPS) is 15.5. The highest BCUT2D eigenvalue weighted by Crippen LogP contribution is 2.18. The molecule has 1 aromatic carbocycles. The Morgan fingerprint density at radius 2 is 1.94 bits per heavy atom. The molecule has 0 heterocycles. The third kappa shape index (κ3) is 7.14. The first-order valence-electron chi connectivity index (χ1n) is 9.86. The number of halogens is 1. The predicted molar refractivity (Wildman–Crippen MR) is 110 cm³/mol. The van der Waals surface area contributed by atoms with Crippen molar-refractivity contribution in [3.63, 3.8) is 0 Å². The Bertz CT molecular complexity index is 944. The average Bonchev–Trinajstić information content (AvgIpc) is 2.72. The zero-order chi connectivity index (χ0) is 23.0. The lowest BCUT2D eigenvalue weighted by Gasteiger charge is -2.23. The fraction of sp³-hybridized carbons (Fsp3) is 0.450. The van der Waals surface area contributed by atoms with Gasteiger partial charge in [-0.1, -0.05) is 25.3 Å².